The Morgan fingerprint density at radius 2 is 1.73 bits per heavy atom. The number of benzene rings is 1. The van der Waals surface area contributed by atoms with Crippen molar-refractivity contribution in [2.45, 2.75) is 40.0 Å². The maximum atomic E-state index is 13.1. The zero-order valence-electron chi connectivity index (χ0n) is 17.7. The van der Waals surface area contributed by atoms with Crippen LogP contribution in [-0.2, 0) is 4.74 Å². The number of piperidine rings is 1. The highest BCUT2D eigenvalue weighted by molar-refractivity contribution is 6.19. The number of H-pyrrole nitrogens is 1. The van der Waals surface area contributed by atoms with Gasteiger partial charge in [-0.3, -0.25) is 4.79 Å². The van der Waals surface area contributed by atoms with Gasteiger partial charge in [0.2, 0.25) is 5.78 Å². The van der Waals surface area contributed by atoms with Gasteiger partial charge in [0.05, 0.1) is 17.7 Å². The third-order valence-electron chi connectivity index (χ3n) is 5.37. The number of anilines is 1. The summed E-state index contributed by atoms with van der Waals surface area (Å²) in [5.41, 5.74) is 3.39. The van der Waals surface area contributed by atoms with Gasteiger partial charge in [-0.15, -0.1) is 0 Å². The largest absolute Gasteiger partial charge is 0.462 e. The van der Waals surface area contributed by atoms with Gasteiger partial charge in [0.1, 0.15) is 11.6 Å². The van der Waals surface area contributed by atoms with E-state index in [9.17, 15) is 14.9 Å². The quantitative estimate of drug-likeness (QED) is 0.329. The minimum atomic E-state index is -0.564. The molecule has 0 bridgehead atoms. The number of rotatable bonds is 6. The molecule has 2 heterocycles. The Morgan fingerprint density at radius 1 is 1.10 bits per heavy atom. The summed E-state index contributed by atoms with van der Waals surface area (Å²) in [6.07, 6.45) is 5.25. The molecule has 0 aliphatic carbocycles. The van der Waals surface area contributed by atoms with Crippen LogP contribution in [0, 0.1) is 25.2 Å². The average molecular weight is 405 g/mol. The third kappa shape index (κ3) is 4.46. The number of Topliss-reactive ketones (excluding diaryl/α,β-unsaturated/α-hetero) is 1. The van der Waals surface area contributed by atoms with Crippen LogP contribution in [0.2, 0.25) is 0 Å². The van der Waals surface area contributed by atoms with Crippen LogP contribution in [0.5, 0.6) is 0 Å². The second-order valence-corrected chi connectivity index (χ2v) is 7.48. The number of ether oxygens (including phenoxy) is 1. The summed E-state index contributed by atoms with van der Waals surface area (Å²) in [6, 6.07) is 9.86. The smallest absolute Gasteiger partial charge is 0.340 e. The molecule has 1 saturated heterocycles. The Hall–Kier alpha value is -3.33. The first kappa shape index (κ1) is 21.4. The number of ketones is 1. The summed E-state index contributed by atoms with van der Waals surface area (Å²) in [4.78, 5) is 30.9. The summed E-state index contributed by atoms with van der Waals surface area (Å²) in [5.74, 6) is -1.05. The number of esters is 1. The molecule has 0 unspecified atom stereocenters. The van der Waals surface area contributed by atoms with Gasteiger partial charge < -0.3 is 14.6 Å². The first-order chi connectivity index (χ1) is 14.5. The van der Waals surface area contributed by atoms with Gasteiger partial charge in [-0.1, -0.05) is 12.1 Å². The van der Waals surface area contributed by atoms with E-state index in [-0.39, 0.29) is 23.3 Å². The van der Waals surface area contributed by atoms with E-state index in [1.807, 2.05) is 30.3 Å². The first-order valence-corrected chi connectivity index (χ1v) is 10.3. The number of aromatic amines is 1. The molecule has 156 valence electrons. The topological polar surface area (TPSA) is 86.2 Å². The van der Waals surface area contributed by atoms with Crippen molar-refractivity contribution in [1.29, 1.82) is 5.26 Å². The second-order valence-electron chi connectivity index (χ2n) is 7.48. The second kappa shape index (κ2) is 9.45. The first-order valence-electron chi connectivity index (χ1n) is 10.3. The Morgan fingerprint density at radius 3 is 2.33 bits per heavy atom. The molecule has 1 aliphatic heterocycles. The molecule has 2 aromatic rings. The molecule has 1 aliphatic rings. The molecule has 1 aromatic carbocycles. The lowest BCUT2D eigenvalue weighted by Crippen LogP contribution is -2.29. The molecule has 6 nitrogen and oxygen atoms in total. The zero-order chi connectivity index (χ0) is 21.7. The summed E-state index contributed by atoms with van der Waals surface area (Å²) in [7, 11) is 0. The molecule has 30 heavy (non-hydrogen) atoms. The summed E-state index contributed by atoms with van der Waals surface area (Å²) in [6.45, 7) is 7.46. The molecule has 0 spiro atoms. The van der Waals surface area contributed by atoms with E-state index < -0.39 is 11.8 Å². The molecule has 6 heteroatoms. The van der Waals surface area contributed by atoms with Gasteiger partial charge in [0.15, 0.2) is 0 Å². The van der Waals surface area contributed by atoms with Crippen molar-refractivity contribution in [1.82, 2.24) is 4.98 Å². The Labute approximate surface area is 177 Å². The number of aryl methyl sites for hydroxylation is 2. The normalized spacial score (nSPS) is 14.3. The summed E-state index contributed by atoms with van der Waals surface area (Å²) < 4.78 is 5.10. The average Bonchev–Trinajstić information content (AvgIpc) is 3.06. The number of nitriles is 1. The molecule has 0 radical (unpaired) electrons. The number of allylic oxidation sites excluding steroid dienone is 1. The molecular formula is C24H27N3O3. The Bertz CT molecular complexity index is 1000. The fourth-order valence-electron chi connectivity index (χ4n) is 3.91. The molecule has 0 atom stereocenters. The van der Waals surface area contributed by atoms with E-state index in [1.54, 1.807) is 26.8 Å². The number of aromatic nitrogens is 1. The van der Waals surface area contributed by atoms with Gasteiger partial charge in [-0.2, -0.15) is 5.26 Å². The van der Waals surface area contributed by atoms with Crippen molar-refractivity contribution < 1.29 is 14.3 Å². The van der Waals surface area contributed by atoms with Crippen LogP contribution in [0.25, 0.3) is 6.08 Å². The number of hydrogen-bond acceptors (Lipinski definition) is 5. The van der Waals surface area contributed by atoms with Crippen LogP contribution in [-0.4, -0.2) is 36.4 Å². The zero-order valence-corrected chi connectivity index (χ0v) is 17.7. The van der Waals surface area contributed by atoms with E-state index >= 15 is 0 Å². The molecule has 1 fully saturated rings. The Balaban J connectivity index is 1.89. The monoisotopic (exact) mass is 405 g/mol. The van der Waals surface area contributed by atoms with Crippen molar-refractivity contribution in [3.05, 3.63) is 57.9 Å². The van der Waals surface area contributed by atoms with Crippen LogP contribution in [0.15, 0.2) is 29.8 Å². The van der Waals surface area contributed by atoms with Crippen LogP contribution in [0.4, 0.5) is 5.69 Å². The van der Waals surface area contributed by atoms with E-state index in [0.29, 0.717) is 11.4 Å². The fraction of sp³-hybridized carbons (Fsp3) is 0.375. The van der Waals surface area contributed by atoms with Crippen molar-refractivity contribution >= 4 is 23.5 Å². The van der Waals surface area contributed by atoms with Crippen molar-refractivity contribution in [2.24, 2.45) is 0 Å². The maximum absolute atomic E-state index is 13.1. The maximum Gasteiger partial charge on any atom is 0.340 e. The van der Waals surface area contributed by atoms with E-state index in [1.165, 1.54) is 19.3 Å². The lowest BCUT2D eigenvalue weighted by Gasteiger charge is -2.28. The predicted molar refractivity (Wildman–Crippen MR) is 117 cm³/mol. The molecule has 3 rings (SSSR count). The van der Waals surface area contributed by atoms with E-state index in [4.69, 9.17) is 4.74 Å². The van der Waals surface area contributed by atoms with E-state index in [0.717, 1.165) is 24.3 Å². The standard InChI is InChI=1S/C24H27N3O3/c1-4-30-24(29)22-17(3)26-16(2)21(22)23(28)19(15-25)14-18-8-10-20(11-9-18)27-12-6-5-7-13-27/h8-11,14,26H,4-7,12-13H2,1-3H3/b19-14+. The summed E-state index contributed by atoms with van der Waals surface area (Å²) >= 11 is 0. The molecule has 1 N–H and O–H groups in total. The van der Waals surface area contributed by atoms with Gasteiger partial charge >= 0.3 is 5.97 Å². The van der Waals surface area contributed by atoms with Crippen molar-refractivity contribution in [3.8, 4) is 6.07 Å². The molecule has 1 aromatic heterocycles. The van der Waals surface area contributed by atoms with Gasteiger partial charge in [0.25, 0.3) is 0 Å². The predicted octanol–water partition coefficient (Wildman–Crippen LogP) is 4.59. The van der Waals surface area contributed by atoms with E-state index in [2.05, 4.69) is 9.88 Å². The lowest BCUT2D eigenvalue weighted by molar-refractivity contribution is 0.0523. The molecular weight excluding hydrogens is 378 g/mol. The molecule has 0 saturated carbocycles. The highest BCUT2D eigenvalue weighted by Gasteiger charge is 2.27. The lowest BCUT2D eigenvalue weighted by atomic mass is 9.98. The minimum Gasteiger partial charge on any atom is -0.462 e. The number of nitrogens with one attached hydrogen (secondary N) is 1. The highest BCUT2D eigenvalue weighted by atomic mass is 16.5. The van der Waals surface area contributed by atoms with Gasteiger partial charge in [0, 0.05) is 30.2 Å². The number of carbonyl (C=O) groups excluding carboxylic acids is 2. The Kier molecular flexibility index (Phi) is 6.73. The van der Waals surface area contributed by atoms with Crippen molar-refractivity contribution in [2.75, 3.05) is 24.6 Å². The fourth-order valence-corrected chi connectivity index (χ4v) is 3.91. The van der Waals surface area contributed by atoms with Crippen LogP contribution in [0.1, 0.15) is 63.9 Å². The third-order valence-corrected chi connectivity index (χ3v) is 5.37. The van der Waals surface area contributed by atoms with Crippen molar-refractivity contribution in [3.63, 3.8) is 0 Å². The SMILES string of the molecule is CCOC(=O)c1c(C)[nH]c(C)c1C(=O)/C(C#N)=C/c1ccc(N2CCCCC2)cc1. The number of hydrogen-bond donors (Lipinski definition) is 1. The van der Waals surface area contributed by atoms with Gasteiger partial charge in [-0.05, 0) is 63.8 Å². The molecule has 0 amide bonds. The number of carbonyl (C=O) groups is 2. The number of nitrogens with zero attached hydrogens (tertiary/aromatic N) is 2. The van der Waals surface area contributed by atoms with Crippen LogP contribution >= 0.6 is 0 Å². The van der Waals surface area contributed by atoms with Crippen LogP contribution < -0.4 is 4.90 Å². The highest BCUT2D eigenvalue weighted by Crippen LogP contribution is 2.25. The summed E-state index contributed by atoms with van der Waals surface area (Å²) in [5, 5.41) is 9.63. The van der Waals surface area contributed by atoms with Crippen LogP contribution in [0.3, 0.4) is 0 Å². The van der Waals surface area contributed by atoms with Gasteiger partial charge in [-0.25, -0.2) is 4.79 Å². The minimum absolute atomic E-state index is 0.0200.